The van der Waals surface area contributed by atoms with Crippen LogP contribution in [0.3, 0.4) is 0 Å². The highest BCUT2D eigenvalue weighted by molar-refractivity contribution is 5.45. The number of allylic oxidation sites excluding steroid dienone is 8. The van der Waals surface area contributed by atoms with Gasteiger partial charge in [-0.25, -0.2) is 0 Å². The Bertz CT molecular complexity index is 658. The Morgan fingerprint density at radius 3 is 1.48 bits per heavy atom. The van der Waals surface area contributed by atoms with E-state index in [9.17, 15) is 0 Å². The molecule has 0 nitrogen and oxygen atoms in total. The maximum absolute atomic E-state index is 2.31. The van der Waals surface area contributed by atoms with Crippen LogP contribution in [0.5, 0.6) is 0 Å². The lowest BCUT2D eigenvalue weighted by Crippen LogP contribution is -2.22. The monoisotopic (exact) mass is 336 g/mol. The maximum atomic E-state index is 2.31. The predicted molar refractivity (Wildman–Crippen MR) is 114 cm³/mol. The first kappa shape index (κ1) is 21.2. The molecule has 0 radical (unpaired) electrons. The van der Waals surface area contributed by atoms with Crippen molar-refractivity contribution in [1.29, 1.82) is 0 Å². The second-order valence-corrected chi connectivity index (χ2v) is 7.63. The summed E-state index contributed by atoms with van der Waals surface area (Å²) < 4.78 is 0. The van der Waals surface area contributed by atoms with E-state index in [1.165, 1.54) is 22.3 Å². The summed E-state index contributed by atoms with van der Waals surface area (Å²) in [5.74, 6) is 0. The normalized spacial score (nSPS) is 14.7. The van der Waals surface area contributed by atoms with Crippen molar-refractivity contribution in [3.63, 3.8) is 0 Å². The number of rotatable bonds is 7. The van der Waals surface area contributed by atoms with Crippen LogP contribution in [0.1, 0.15) is 72.9 Å². The van der Waals surface area contributed by atoms with Gasteiger partial charge in [0.05, 0.1) is 0 Å². The van der Waals surface area contributed by atoms with Gasteiger partial charge < -0.3 is 0 Å². The van der Waals surface area contributed by atoms with Gasteiger partial charge in [0.1, 0.15) is 0 Å². The molecule has 1 rings (SSSR count). The van der Waals surface area contributed by atoms with Gasteiger partial charge in [0.15, 0.2) is 0 Å². The zero-order chi connectivity index (χ0) is 19.1. The van der Waals surface area contributed by atoms with E-state index in [-0.39, 0.29) is 10.8 Å². The molecule has 136 valence electrons. The van der Waals surface area contributed by atoms with Crippen LogP contribution in [0.2, 0.25) is 0 Å². The Labute approximate surface area is 156 Å². The maximum Gasteiger partial charge on any atom is 0.0143 e. The van der Waals surface area contributed by atoms with E-state index in [1.54, 1.807) is 0 Å². The second kappa shape index (κ2) is 9.04. The molecular formula is C25H36. The fraction of sp³-hybridized carbons (Fsp3) is 0.440. The molecule has 0 aromatic heterocycles. The van der Waals surface area contributed by atoms with Crippen molar-refractivity contribution >= 4 is 0 Å². The first-order valence-corrected chi connectivity index (χ1v) is 9.49. The highest BCUT2D eigenvalue weighted by Gasteiger charge is 2.26. The van der Waals surface area contributed by atoms with E-state index in [1.807, 2.05) is 0 Å². The predicted octanol–water partition coefficient (Wildman–Crippen LogP) is 7.68. The highest BCUT2D eigenvalue weighted by atomic mass is 14.3. The molecule has 0 amide bonds. The van der Waals surface area contributed by atoms with Crippen LogP contribution >= 0.6 is 0 Å². The van der Waals surface area contributed by atoms with Crippen molar-refractivity contribution in [2.75, 3.05) is 0 Å². The van der Waals surface area contributed by atoms with E-state index in [4.69, 9.17) is 0 Å². The molecule has 0 aliphatic heterocycles. The van der Waals surface area contributed by atoms with Gasteiger partial charge in [-0.2, -0.15) is 0 Å². The van der Waals surface area contributed by atoms with Gasteiger partial charge in [0.2, 0.25) is 0 Å². The van der Waals surface area contributed by atoms with Crippen molar-refractivity contribution in [2.45, 2.75) is 72.6 Å². The van der Waals surface area contributed by atoms with Crippen LogP contribution < -0.4 is 0 Å². The summed E-state index contributed by atoms with van der Waals surface area (Å²) in [5, 5.41) is 0. The zero-order valence-corrected chi connectivity index (χ0v) is 17.5. The summed E-state index contributed by atoms with van der Waals surface area (Å²) in [6.45, 7) is 17.7. The van der Waals surface area contributed by atoms with E-state index < -0.39 is 0 Å². The van der Waals surface area contributed by atoms with Crippen molar-refractivity contribution in [3.8, 4) is 0 Å². The molecule has 0 aliphatic rings. The lowest BCUT2D eigenvalue weighted by molar-refractivity contribution is 0.623. The molecule has 1 aromatic rings. The summed E-state index contributed by atoms with van der Waals surface area (Å²) in [7, 11) is 0. The minimum absolute atomic E-state index is 0.00940. The van der Waals surface area contributed by atoms with Crippen LogP contribution in [-0.2, 0) is 10.8 Å². The molecule has 0 fully saturated rings. The molecule has 25 heavy (non-hydrogen) atoms. The van der Waals surface area contributed by atoms with Crippen LogP contribution in [0.4, 0.5) is 0 Å². The van der Waals surface area contributed by atoms with Crippen LogP contribution in [0.25, 0.3) is 0 Å². The lowest BCUT2D eigenvalue weighted by Gasteiger charge is -2.30. The van der Waals surface area contributed by atoms with Crippen LogP contribution in [-0.4, -0.2) is 0 Å². The Kier molecular flexibility index (Phi) is 7.67. The van der Waals surface area contributed by atoms with Crippen molar-refractivity contribution in [1.82, 2.24) is 0 Å². The summed E-state index contributed by atoms with van der Waals surface area (Å²) in [6.07, 6.45) is 14.3. The average molecular weight is 337 g/mol. The molecule has 0 aliphatic carbocycles. The average Bonchev–Trinajstić information content (AvgIpc) is 2.60. The molecule has 0 heterocycles. The Morgan fingerprint density at radius 1 is 0.760 bits per heavy atom. The van der Waals surface area contributed by atoms with Gasteiger partial charge in [0, 0.05) is 10.8 Å². The van der Waals surface area contributed by atoms with Gasteiger partial charge in [-0.1, -0.05) is 95.3 Å². The number of benzene rings is 1. The topological polar surface area (TPSA) is 0 Å². The molecule has 0 saturated heterocycles. The third-order valence-corrected chi connectivity index (χ3v) is 5.27. The molecule has 0 heteroatoms. The Balaban J connectivity index is 3.24. The molecule has 0 atom stereocenters. The van der Waals surface area contributed by atoms with E-state index in [0.717, 1.165) is 6.42 Å². The van der Waals surface area contributed by atoms with Crippen LogP contribution in [0.15, 0.2) is 71.9 Å². The van der Waals surface area contributed by atoms with Gasteiger partial charge in [0.25, 0.3) is 0 Å². The molecule has 0 N–H and O–H groups in total. The Hall–Kier alpha value is -1.82. The molecule has 1 aromatic carbocycles. The standard InChI is InChI=1S/C25H36/c1-9-13-15-21(12-4)25(7,8)23-18-16-22(17-19-23)24(5,6)20(11-3)14-10-2/h10-19H,9H2,1-8H3/b14-10-,15-13-,20-11+,21-12+. The van der Waals surface area contributed by atoms with Crippen molar-refractivity contribution in [2.24, 2.45) is 0 Å². The first-order valence-electron chi connectivity index (χ1n) is 9.49. The minimum Gasteiger partial charge on any atom is -0.0874 e. The summed E-state index contributed by atoms with van der Waals surface area (Å²) in [6, 6.07) is 9.18. The van der Waals surface area contributed by atoms with Gasteiger partial charge in [-0.05, 0) is 49.5 Å². The van der Waals surface area contributed by atoms with E-state index in [0.29, 0.717) is 0 Å². The molecule has 0 unspecified atom stereocenters. The van der Waals surface area contributed by atoms with Gasteiger partial charge in [-0.3, -0.25) is 0 Å². The van der Waals surface area contributed by atoms with E-state index >= 15 is 0 Å². The molecular weight excluding hydrogens is 300 g/mol. The number of hydrogen-bond donors (Lipinski definition) is 0. The minimum atomic E-state index is 0.00940. The first-order chi connectivity index (χ1) is 11.7. The van der Waals surface area contributed by atoms with Gasteiger partial charge in [-0.15, -0.1) is 0 Å². The third kappa shape index (κ3) is 4.84. The van der Waals surface area contributed by atoms with Crippen LogP contribution in [0, 0.1) is 0 Å². The third-order valence-electron chi connectivity index (χ3n) is 5.27. The lowest BCUT2D eigenvalue weighted by atomic mass is 9.74. The molecule has 0 bridgehead atoms. The fourth-order valence-electron chi connectivity index (χ4n) is 3.39. The highest BCUT2D eigenvalue weighted by Crippen LogP contribution is 2.36. The quantitative estimate of drug-likeness (QED) is 0.448. The summed E-state index contributed by atoms with van der Waals surface area (Å²) in [4.78, 5) is 0. The van der Waals surface area contributed by atoms with E-state index in [2.05, 4.69) is 116 Å². The summed E-state index contributed by atoms with van der Waals surface area (Å²) >= 11 is 0. The number of hydrogen-bond acceptors (Lipinski definition) is 0. The smallest absolute Gasteiger partial charge is 0.0143 e. The summed E-state index contributed by atoms with van der Waals surface area (Å²) in [5.41, 5.74) is 5.44. The van der Waals surface area contributed by atoms with Gasteiger partial charge >= 0.3 is 0 Å². The zero-order valence-electron chi connectivity index (χ0n) is 17.5. The molecule has 0 spiro atoms. The molecule has 0 saturated carbocycles. The second-order valence-electron chi connectivity index (χ2n) is 7.63. The SMILES string of the molecule is C/C=C\C(=C/C)C(C)(C)c1ccc(C(C)(C)C(/C=C\CC)=C/C)cc1. The fourth-order valence-corrected chi connectivity index (χ4v) is 3.39. The Morgan fingerprint density at radius 2 is 1.16 bits per heavy atom. The largest absolute Gasteiger partial charge is 0.0874 e. The van der Waals surface area contributed by atoms with Crippen molar-refractivity contribution in [3.05, 3.63) is 83.0 Å². The van der Waals surface area contributed by atoms with Crippen molar-refractivity contribution < 1.29 is 0 Å².